The van der Waals surface area contributed by atoms with Gasteiger partial charge in [-0.15, -0.1) is 0 Å². The van der Waals surface area contributed by atoms with Gasteiger partial charge in [0.15, 0.2) is 0 Å². The molecule has 6 heteroatoms. The number of piperazine rings is 1. The SMILES string of the molecule is CCC1C(=O)NC(=O)CN1c1ccc(C(C)N)cc1Cl. The molecule has 1 saturated heterocycles. The fourth-order valence-corrected chi connectivity index (χ4v) is 2.66. The molecule has 0 radical (unpaired) electrons. The van der Waals surface area contributed by atoms with E-state index in [1.165, 1.54) is 0 Å². The van der Waals surface area contributed by atoms with Gasteiger partial charge < -0.3 is 10.6 Å². The molecule has 3 N–H and O–H groups in total. The van der Waals surface area contributed by atoms with E-state index in [2.05, 4.69) is 5.32 Å². The standard InChI is InChI=1S/C14H18ClN3O2/c1-3-11-14(20)17-13(19)7-18(11)12-5-4-9(8(2)16)6-10(12)15/h4-6,8,11H,3,7,16H2,1-2H3,(H,17,19,20). The second-order valence-corrected chi connectivity index (χ2v) is 5.37. The van der Waals surface area contributed by atoms with E-state index < -0.39 is 0 Å². The third-order valence-corrected chi connectivity index (χ3v) is 3.75. The number of nitrogens with one attached hydrogen (secondary N) is 1. The average molecular weight is 296 g/mol. The molecule has 2 atom stereocenters. The van der Waals surface area contributed by atoms with Crippen molar-refractivity contribution in [2.45, 2.75) is 32.4 Å². The molecule has 108 valence electrons. The van der Waals surface area contributed by atoms with E-state index in [-0.39, 0.29) is 30.4 Å². The van der Waals surface area contributed by atoms with Crippen molar-refractivity contribution in [2.24, 2.45) is 5.73 Å². The quantitative estimate of drug-likeness (QED) is 0.831. The Balaban J connectivity index is 2.38. The summed E-state index contributed by atoms with van der Waals surface area (Å²) in [5.41, 5.74) is 7.42. The van der Waals surface area contributed by atoms with Crippen LogP contribution < -0.4 is 16.0 Å². The average Bonchev–Trinajstić information content (AvgIpc) is 2.37. The van der Waals surface area contributed by atoms with Crippen LogP contribution in [0.3, 0.4) is 0 Å². The van der Waals surface area contributed by atoms with Crippen LogP contribution in [0.1, 0.15) is 31.9 Å². The van der Waals surface area contributed by atoms with Crippen molar-refractivity contribution in [2.75, 3.05) is 11.4 Å². The first-order chi connectivity index (χ1) is 9.43. The van der Waals surface area contributed by atoms with Gasteiger partial charge in [0.05, 0.1) is 17.3 Å². The van der Waals surface area contributed by atoms with Gasteiger partial charge in [0.2, 0.25) is 11.8 Å². The summed E-state index contributed by atoms with van der Waals surface area (Å²) in [7, 11) is 0. The van der Waals surface area contributed by atoms with Crippen LogP contribution in [0.4, 0.5) is 5.69 Å². The lowest BCUT2D eigenvalue weighted by atomic mass is 10.1. The monoisotopic (exact) mass is 295 g/mol. The first-order valence-electron chi connectivity index (χ1n) is 6.59. The minimum atomic E-state index is -0.383. The third-order valence-electron chi connectivity index (χ3n) is 3.45. The van der Waals surface area contributed by atoms with Gasteiger partial charge in [0, 0.05) is 6.04 Å². The Morgan fingerprint density at radius 2 is 2.20 bits per heavy atom. The van der Waals surface area contributed by atoms with Gasteiger partial charge in [-0.25, -0.2) is 0 Å². The fourth-order valence-electron chi connectivity index (χ4n) is 2.36. The molecule has 20 heavy (non-hydrogen) atoms. The molecule has 1 aromatic carbocycles. The normalized spacial score (nSPS) is 20.8. The maximum Gasteiger partial charge on any atom is 0.249 e. The van der Waals surface area contributed by atoms with E-state index in [1.54, 1.807) is 11.0 Å². The molecule has 1 aromatic rings. The lowest BCUT2D eigenvalue weighted by molar-refractivity contribution is -0.132. The zero-order valence-corrected chi connectivity index (χ0v) is 12.3. The first-order valence-corrected chi connectivity index (χ1v) is 6.97. The molecule has 0 aliphatic carbocycles. The van der Waals surface area contributed by atoms with Crippen molar-refractivity contribution in [3.05, 3.63) is 28.8 Å². The molecule has 2 unspecified atom stereocenters. The van der Waals surface area contributed by atoms with Gasteiger partial charge in [-0.1, -0.05) is 24.6 Å². The molecule has 1 aliphatic heterocycles. The van der Waals surface area contributed by atoms with Crippen LogP contribution in [0, 0.1) is 0 Å². The van der Waals surface area contributed by atoms with E-state index in [0.29, 0.717) is 17.1 Å². The smallest absolute Gasteiger partial charge is 0.249 e. The van der Waals surface area contributed by atoms with Gasteiger partial charge in [0.25, 0.3) is 0 Å². The Labute approximate surface area is 123 Å². The first kappa shape index (κ1) is 14.8. The summed E-state index contributed by atoms with van der Waals surface area (Å²) in [4.78, 5) is 25.2. The Bertz CT molecular complexity index is 545. The number of anilines is 1. The molecule has 1 heterocycles. The van der Waals surface area contributed by atoms with Crippen LogP contribution in [-0.4, -0.2) is 24.4 Å². The molecule has 5 nitrogen and oxygen atoms in total. The summed E-state index contributed by atoms with van der Waals surface area (Å²) in [5.74, 6) is -0.594. The molecule has 2 amide bonds. The van der Waals surface area contributed by atoms with Crippen LogP contribution in [0.15, 0.2) is 18.2 Å². The van der Waals surface area contributed by atoms with Crippen molar-refractivity contribution in [1.29, 1.82) is 0 Å². The lowest BCUT2D eigenvalue weighted by Gasteiger charge is -2.35. The van der Waals surface area contributed by atoms with Crippen molar-refractivity contribution >= 4 is 29.1 Å². The zero-order valence-electron chi connectivity index (χ0n) is 11.5. The number of hydrogen-bond donors (Lipinski definition) is 2. The summed E-state index contributed by atoms with van der Waals surface area (Å²) in [6.45, 7) is 3.90. The number of carbonyl (C=O) groups excluding carboxylic acids is 2. The van der Waals surface area contributed by atoms with Crippen LogP contribution >= 0.6 is 11.6 Å². The maximum atomic E-state index is 11.9. The van der Waals surface area contributed by atoms with Gasteiger partial charge in [-0.3, -0.25) is 14.9 Å². The highest BCUT2D eigenvalue weighted by atomic mass is 35.5. The van der Waals surface area contributed by atoms with Crippen LogP contribution in [0.25, 0.3) is 0 Å². The number of imide groups is 1. The largest absolute Gasteiger partial charge is 0.349 e. The molecule has 2 rings (SSSR count). The van der Waals surface area contributed by atoms with E-state index in [1.807, 2.05) is 26.0 Å². The van der Waals surface area contributed by atoms with E-state index in [0.717, 1.165) is 5.56 Å². The zero-order chi connectivity index (χ0) is 14.9. The second kappa shape index (κ2) is 5.81. The summed E-state index contributed by atoms with van der Waals surface area (Å²) in [6.07, 6.45) is 0.602. The minimum absolute atomic E-state index is 0.116. The molecule has 0 aromatic heterocycles. The number of carbonyl (C=O) groups is 2. The Hall–Kier alpha value is -1.59. The van der Waals surface area contributed by atoms with Crippen molar-refractivity contribution < 1.29 is 9.59 Å². The molecular weight excluding hydrogens is 278 g/mol. The number of rotatable bonds is 3. The van der Waals surface area contributed by atoms with Gasteiger partial charge >= 0.3 is 0 Å². The number of amides is 2. The van der Waals surface area contributed by atoms with Crippen molar-refractivity contribution in [3.63, 3.8) is 0 Å². The van der Waals surface area contributed by atoms with Gasteiger partial charge in [-0.05, 0) is 31.0 Å². The Kier molecular flexibility index (Phi) is 4.30. The topological polar surface area (TPSA) is 75.4 Å². The summed E-state index contributed by atoms with van der Waals surface area (Å²) in [6, 6.07) is 4.97. The van der Waals surface area contributed by atoms with Crippen molar-refractivity contribution in [3.8, 4) is 0 Å². The second-order valence-electron chi connectivity index (χ2n) is 4.96. The Morgan fingerprint density at radius 3 is 2.75 bits per heavy atom. The predicted octanol–water partition coefficient (Wildman–Crippen LogP) is 1.60. The molecule has 0 spiro atoms. The molecule has 1 aliphatic rings. The molecule has 1 fully saturated rings. The van der Waals surface area contributed by atoms with Crippen LogP contribution in [0.5, 0.6) is 0 Å². The van der Waals surface area contributed by atoms with Crippen molar-refractivity contribution in [1.82, 2.24) is 5.32 Å². The fraction of sp³-hybridized carbons (Fsp3) is 0.429. The molecular formula is C14H18ClN3O2. The third kappa shape index (κ3) is 2.78. The number of nitrogens with zero attached hydrogens (tertiary/aromatic N) is 1. The summed E-state index contributed by atoms with van der Waals surface area (Å²) in [5, 5.41) is 2.85. The molecule has 0 bridgehead atoms. The number of halogens is 1. The number of nitrogens with two attached hydrogens (primary N) is 1. The van der Waals surface area contributed by atoms with E-state index in [9.17, 15) is 9.59 Å². The summed E-state index contributed by atoms with van der Waals surface area (Å²) < 4.78 is 0. The number of hydrogen-bond acceptors (Lipinski definition) is 4. The van der Waals surface area contributed by atoms with Crippen LogP contribution in [-0.2, 0) is 9.59 Å². The summed E-state index contributed by atoms with van der Waals surface area (Å²) >= 11 is 6.28. The lowest BCUT2D eigenvalue weighted by Crippen LogP contribution is -2.58. The number of benzene rings is 1. The van der Waals surface area contributed by atoms with Gasteiger partial charge in [0.1, 0.15) is 6.04 Å². The van der Waals surface area contributed by atoms with E-state index >= 15 is 0 Å². The predicted molar refractivity (Wildman–Crippen MR) is 78.6 cm³/mol. The highest BCUT2D eigenvalue weighted by Gasteiger charge is 2.33. The van der Waals surface area contributed by atoms with Crippen LogP contribution in [0.2, 0.25) is 5.02 Å². The minimum Gasteiger partial charge on any atom is -0.349 e. The molecule has 0 saturated carbocycles. The highest BCUT2D eigenvalue weighted by Crippen LogP contribution is 2.31. The highest BCUT2D eigenvalue weighted by molar-refractivity contribution is 6.33. The van der Waals surface area contributed by atoms with E-state index in [4.69, 9.17) is 17.3 Å². The Morgan fingerprint density at radius 1 is 1.50 bits per heavy atom. The van der Waals surface area contributed by atoms with Gasteiger partial charge in [-0.2, -0.15) is 0 Å². The maximum absolute atomic E-state index is 11.9.